The molecule has 2 rings (SSSR count). The van der Waals surface area contributed by atoms with Crippen LogP contribution in [0.1, 0.15) is 29.7 Å². The molecule has 21 heavy (non-hydrogen) atoms. The van der Waals surface area contributed by atoms with Gasteiger partial charge in [-0.3, -0.25) is 10.1 Å². The molecule has 1 N–H and O–H groups in total. The summed E-state index contributed by atoms with van der Waals surface area (Å²) in [5.41, 5.74) is 3.31. The number of nitrogens with zero attached hydrogens (tertiary/aromatic N) is 1. The number of nitro groups is 1. The molecule has 0 amide bonds. The third-order valence-corrected chi connectivity index (χ3v) is 3.54. The van der Waals surface area contributed by atoms with Gasteiger partial charge in [-0.1, -0.05) is 55.0 Å². The van der Waals surface area contributed by atoms with Crippen LogP contribution in [-0.2, 0) is 6.42 Å². The van der Waals surface area contributed by atoms with Gasteiger partial charge in [-0.15, -0.1) is 0 Å². The van der Waals surface area contributed by atoms with Gasteiger partial charge in [-0.05, 0) is 25.5 Å². The molecule has 0 heterocycles. The Bertz CT molecular complexity index is 608. The third-order valence-electron chi connectivity index (χ3n) is 3.54. The highest BCUT2D eigenvalue weighted by Gasteiger charge is 2.18. The van der Waals surface area contributed by atoms with E-state index in [9.17, 15) is 10.1 Å². The first-order valence-corrected chi connectivity index (χ1v) is 7.14. The monoisotopic (exact) mass is 284 g/mol. The zero-order valence-corrected chi connectivity index (χ0v) is 12.4. The smallest absolute Gasteiger partial charge is 0.272 e. The van der Waals surface area contributed by atoms with Crippen molar-refractivity contribution in [2.45, 2.75) is 26.3 Å². The number of nitro benzene ring substituents is 1. The first-order valence-electron chi connectivity index (χ1n) is 7.14. The molecule has 0 saturated heterocycles. The molecule has 0 saturated carbocycles. The topological polar surface area (TPSA) is 55.2 Å². The third kappa shape index (κ3) is 3.89. The molecule has 0 aliphatic carbocycles. The molecular formula is C17H20N2O2. The molecule has 0 aromatic heterocycles. The summed E-state index contributed by atoms with van der Waals surface area (Å²) in [5.74, 6) is 0. The molecule has 4 nitrogen and oxygen atoms in total. The lowest BCUT2D eigenvalue weighted by Gasteiger charge is -2.18. The Balaban J connectivity index is 2.28. The van der Waals surface area contributed by atoms with Gasteiger partial charge in [0.2, 0.25) is 0 Å². The number of nitrogens with one attached hydrogen (secondary N) is 1. The molecule has 0 fully saturated rings. The van der Waals surface area contributed by atoms with Crippen LogP contribution in [0.4, 0.5) is 5.69 Å². The molecule has 1 atom stereocenters. The molecule has 0 bridgehead atoms. The number of para-hydroxylation sites is 1. The fraction of sp³-hybridized carbons (Fsp3) is 0.294. The second kappa shape index (κ2) is 6.99. The van der Waals surface area contributed by atoms with Crippen LogP contribution >= 0.6 is 0 Å². The molecule has 2 aromatic carbocycles. The number of aryl methyl sites for hydroxylation is 1. The predicted molar refractivity (Wildman–Crippen MR) is 84.4 cm³/mol. The summed E-state index contributed by atoms with van der Waals surface area (Å²) in [6.07, 6.45) is 0.605. The van der Waals surface area contributed by atoms with Crippen molar-refractivity contribution in [3.63, 3.8) is 0 Å². The van der Waals surface area contributed by atoms with Gasteiger partial charge in [0.25, 0.3) is 5.69 Å². The van der Waals surface area contributed by atoms with Gasteiger partial charge < -0.3 is 5.32 Å². The van der Waals surface area contributed by atoms with Crippen LogP contribution in [0.3, 0.4) is 0 Å². The van der Waals surface area contributed by atoms with Crippen molar-refractivity contribution in [2.24, 2.45) is 0 Å². The lowest BCUT2D eigenvalue weighted by molar-refractivity contribution is -0.385. The number of likely N-dealkylation sites (N-methyl/N-ethyl adjacent to an activating group) is 1. The molecule has 0 aliphatic rings. The van der Waals surface area contributed by atoms with Crippen LogP contribution in [-0.4, -0.2) is 11.5 Å². The standard InChI is InChI=1S/C17H20N2O2/c1-3-18-16(14-10-8-13(2)9-11-14)12-15-6-4-5-7-17(15)19(20)21/h4-11,16,18H,3,12H2,1-2H3. The van der Waals surface area contributed by atoms with Gasteiger partial charge in [-0.2, -0.15) is 0 Å². The highest BCUT2D eigenvalue weighted by molar-refractivity contribution is 5.41. The average Bonchev–Trinajstić information content (AvgIpc) is 2.48. The Morgan fingerprint density at radius 3 is 2.43 bits per heavy atom. The first-order chi connectivity index (χ1) is 10.1. The van der Waals surface area contributed by atoms with E-state index in [2.05, 4.69) is 29.6 Å². The van der Waals surface area contributed by atoms with Gasteiger partial charge in [0.1, 0.15) is 0 Å². The highest BCUT2D eigenvalue weighted by Crippen LogP contribution is 2.25. The number of benzene rings is 2. The van der Waals surface area contributed by atoms with E-state index in [-0.39, 0.29) is 16.7 Å². The fourth-order valence-corrected chi connectivity index (χ4v) is 2.43. The average molecular weight is 284 g/mol. The maximum atomic E-state index is 11.1. The molecule has 0 aliphatic heterocycles. The van der Waals surface area contributed by atoms with Crippen LogP contribution in [0, 0.1) is 17.0 Å². The number of rotatable bonds is 6. The predicted octanol–water partition coefficient (Wildman–Crippen LogP) is 3.80. The summed E-state index contributed by atoms with van der Waals surface area (Å²) in [6, 6.07) is 15.3. The van der Waals surface area contributed by atoms with Crippen molar-refractivity contribution >= 4 is 5.69 Å². The second-order valence-electron chi connectivity index (χ2n) is 5.11. The minimum Gasteiger partial charge on any atom is -0.310 e. The van der Waals surface area contributed by atoms with Crippen LogP contribution in [0.5, 0.6) is 0 Å². The summed E-state index contributed by atoms with van der Waals surface area (Å²) in [5, 5.41) is 14.5. The molecule has 1 unspecified atom stereocenters. The molecule has 110 valence electrons. The van der Waals surface area contributed by atoms with Crippen LogP contribution in [0.25, 0.3) is 0 Å². The van der Waals surface area contributed by atoms with E-state index in [1.165, 1.54) is 5.56 Å². The van der Waals surface area contributed by atoms with E-state index >= 15 is 0 Å². The SMILES string of the molecule is CCNC(Cc1ccccc1[N+](=O)[O-])c1ccc(C)cc1. The summed E-state index contributed by atoms with van der Waals surface area (Å²) in [4.78, 5) is 10.8. The minimum absolute atomic E-state index is 0.0803. The van der Waals surface area contributed by atoms with Crippen molar-refractivity contribution in [3.8, 4) is 0 Å². The van der Waals surface area contributed by atoms with Crippen molar-refractivity contribution < 1.29 is 4.92 Å². The lowest BCUT2D eigenvalue weighted by Crippen LogP contribution is -2.23. The van der Waals surface area contributed by atoms with Crippen LogP contribution < -0.4 is 5.32 Å². The Morgan fingerprint density at radius 2 is 1.81 bits per heavy atom. The largest absolute Gasteiger partial charge is 0.310 e. The molecule has 4 heteroatoms. The molecule has 0 spiro atoms. The number of hydrogen-bond acceptors (Lipinski definition) is 3. The van der Waals surface area contributed by atoms with E-state index in [1.54, 1.807) is 12.1 Å². The van der Waals surface area contributed by atoms with Crippen molar-refractivity contribution in [2.75, 3.05) is 6.54 Å². The molecular weight excluding hydrogens is 264 g/mol. The number of hydrogen-bond donors (Lipinski definition) is 1. The quantitative estimate of drug-likeness (QED) is 0.648. The van der Waals surface area contributed by atoms with E-state index in [0.717, 1.165) is 17.7 Å². The van der Waals surface area contributed by atoms with Gasteiger partial charge >= 0.3 is 0 Å². The Labute approximate surface area is 125 Å². The lowest BCUT2D eigenvalue weighted by atomic mass is 9.97. The van der Waals surface area contributed by atoms with Crippen LogP contribution in [0.15, 0.2) is 48.5 Å². The van der Waals surface area contributed by atoms with E-state index in [1.807, 2.05) is 26.0 Å². The zero-order chi connectivity index (χ0) is 15.2. The summed E-state index contributed by atoms with van der Waals surface area (Å²) in [7, 11) is 0. The van der Waals surface area contributed by atoms with E-state index < -0.39 is 0 Å². The normalized spacial score (nSPS) is 12.1. The van der Waals surface area contributed by atoms with Crippen molar-refractivity contribution in [1.29, 1.82) is 0 Å². The highest BCUT2D eigenvalue weighted by atomic mass is 16.6. The van der Waals surface area contributed by atoms with E-state index in [0.29, 0.717) is 6.42 Å². The zero-order valence-electron chi connectivity index (χ0n) is 12.4. The fourth-order valence-electron chi connectivity index (χ4n) is 2.43. The summed E-state index contributed by atoms with van der Waals surface area (Å²) in [6.45, 7) is 4.91. The maximum absolute atomic E-state index is 11.1. The maximum Gasteiger partial charge on any atom is 0.272 e. The van der Waals surface area contributed by atoms with Crippen molar-refractivity contribution in [1.82, 2.24) is 5.32 Å². The van der Waals surface area contributed by atoms with Gasteiger partial charge in [-0.25, -0.2) is 0 Å². The van der Waals surface area contributed by atoms with E-state index in [4.69, 9.17) is 0 Å². The Morgan fingerprint density at radius 1 is 1.14 bits per heavy atom. The van der Waals surface area contributed by atoms with Gasteiger partial charge in [0.05, 0.1) is 4.92 Å². The van der Waals surface area contributed by atoms with Crippen LogP contribution in [0.2, 0.25) is 0 Å². The van der Waals surface area contributed by atoms with Gasteiger partial charge in [0, 0.05) is 17.7 Å². The molecule has 0 radical (unpaired) electrons. The first kappa shape index (κ1) is 15.2. The van der Waals surface area contributed by atoms with Crippen molar-refractivity contribution in [3.05, 3.63) is 75.3 Å². The summed E-state index contributed by atoms with van der Waals surface area (Å²) >= 11 is 0. The second-order valence-corrected chi connectivity index (χ2v) is 5.11. The molecule has 2 aromatic rings. The minimum atomic E-state index is -0.312. The van der Waals surface area contributed by atoms with Gasteiger partial charge in [0.15, 0.2) is 0 Å². The Hall–Kier alpha value is -2.20. The Kier molecular flexibility index (Phi) is 5.06. The summed E-state index contributed by atoms with van der Waals surface area (Å²) < 4.78 is 0.